The molecule has 0 unspecified atom stereocenters. The van der Waals surface area contributed by atoms with E-state index in [0.29, 0.717) is 17.8 Å². The second-order valence-electron chi connectivity index (χ2n) is 5.75. The second kappa shape index (κ2) is 5.02. The Morgan fingerprint density at radius 1 is 1.19 bits per heavy atom. The van der Waals surface area contributed by atoms with Crippen LogP contribution in [-0.2, 0) is 6.42 Å². The van der Waals surface area contributed by atoms with Crippen molar-refractivity contribution in [2.24, 2.45) is 0 Å². The van der Waals surface area contributed by atoms with Gasteiger partial charge in [-0.15, -0.1) is 10.2 Å². The van der Waals surface area contributed by atoms with Crippen molar-refractivity contribution < 1.29 is 4.42 Å². The van der Waals surface area contributed by atoms with Crippen molar-refractivity contribution in [1.82, 2.24) is 14.8 Å². The molecule has 0 saturated heterocycles. The van der Waals surface area contributed by atoms with Crippen LogP contribution >= 0.6 is 0 Å². The van der Waals surface area contributed by atoms with E-state index in [1.165, 1.54) is 36.6 Å². The van der Waals surface area contributed by atoms with Gasteiger partial charge in [0.2, 0.25) is 5.89 Å². The van der Waals surface area contributed by atoms with Gasteiger partial charge in [0, 0.05) is 23.4 Å². The highest BCUT2D eigenvalue weighted by atomic mass is 16.4. The molecule has 1 aromatic carbocycles. The predicted molar refractivity (Wildman–Crippen MR) is 82.1 cm³/mol. The maximum Gasteiger partial charge on any atom is 0.264 e. The fourth-order valence-corrected chi connectivity index (χ4v) is 3.40. The van der Waals surface area contributed by atoms with E-state index < -0.39 is 0 Å². The minimum absolute atomic E-state index is 0.553. The van der Waals surface area contributed by atoms with Crippen molar-refractivity contribution in [2.45, 2.75) is 45.1 Å². The lowest BCUT2D eigenvalue weighted by atomic mass is 10.2. The summed E-state index contributed by atoms with van der Waals surface area (Å²) in [4.78, 5) is 0. The third-order valence-corrected chi connectivity index (χ3v) is 4.43. The van der Waals surface area contributed by atoms with Crippen molar-refractivity contribution in [1.29, 1.82) is 0 Å². The molecule has 0 aliphatic heterocycles. The normalized spacial score (nSPS) is 16.0. The first-order chi connectivity index (χ1) is 10.4. The smallest absolute Gasteiger partial charge is 0.264 e. The third kappa shape index (κ3) is 2.06. The average Bonchev–Trinajstić information content (AvgIpc) is 3.24. The van der Waals surface area contributed by atoms with Gasteiger partial charge in [-0.25, -0.2) is 0 Å². The number of rotatable bonds is 3. The fraction of sp³-hybridized carbons (Fsp3) is 0.412. The third-order valence-electron chi connectivity index (χ3n) is 4.43. The molecule has 4 rings (SSSR count). The number of aryl methyl sites for hydroxylation is 1. The molecule has 0 N–H and O–H groups in total. The molecule has 108 valence electrons. The number of hydrogen-bond donors (Lipinski definition) is 0. The topological polar surface area (TPSA) is 43.9 Å². The van der Waals surface area contributed by atoms with Gasteiger partial charge in [-0.1, -0.05) is 38.0 Å². The Morgan fingerprint density at radius 3 is 2.76 bits per heavy atom. The van der Waals surface area contributed by atoms with E-state index in [0.717, 1.165) is 12.1 Å². The van der Waals surface area contributed by atoms with E-state index in [4.69, 9.17) is 4.42 Å². The van der Waals surface area contributed by atoms with Gasteiger partial charge in [0.05, 0.1) is 0 Å². The predicted octanol–water partition coefficient (Wildman–Crippen LogP) is 4.37. The van der Waals surface area contributed by atoms with Crippen LogP contribution in [0.3, 0.4) is 0 Å². The van der Waals surface area contributed by atoms with E-state index in [2.05, 4.69) is 45.1 Å². The molecule has 3 aromatic rings. The zero-order valence-corrected chi connectivity index (χ0v) is 12.2. The molecule has 4 heteroatoms. The van der Waals surface area contributed by atoms with Crippen molar-refractivity contribution in [3.8, 4) is 11.6 Å². The van der Waals surface area contributed by atoms with Crippen LogP contribution in [0, 0.1) is 0 Å². The zero-order chi connectivity index (χ0) is 14.2. The lowest BCUT2D eigenvalue weighted by Gasteiger charge is -2.16. The number of aromatic nitrogens is 3. The Labute approximate surface area is 123 Å². The summed E-state index contributed by atoms with van der Waals surface area (Å²) in [5.74, 6) is 1.35. The molecule has 1 aliphatic carbocycles. The summed E-state index contributed by atoms with van der Waals surface area (Å²) in [6.07, 6.45) is 5.86. The Morgan fingerprint density at radius 2 is 2.00 bits per heavy atom. The van der Waals surface area contributed by atoms with Crippen LogP contribution in [0.5, 0.6) is 0 Å². The van der Waals surface area contributed by atoms with Crippen LogP contribution in [0.25, 0.3) is 22.5 Å². The summed E-state index contributed by atoms with van der Waals surface area (Å²) < 4.78 is 8.22. The monoisotopic (exact) mass is 281 g/mol. The van der Waals surface area contributed by atoms with Crippen LogP contribution in [-0.4, -0.2) is 14.8 Å². The van der Waals surface area contributed by atoms with Gasteiger partial charge >= 0.3 is 0 Å². The fourth-order valence-electron chi connectivity index (χ4n) is 3.40. The molecular formula is C17H19N3O. The van der Waals surface area contributed by atoms with Gasteiger partial charge in [0.15, 0.2) is 0 Å². The molecule has 0 bridgehead atoms. The first-order valence-electron chi connectivity index (χ1n) is 7.79. The first kappa shape index (κ1) is 12.6. The summed E-state index contributed by atoms with van der Waals surface area (Å²) in [7, 11) is 0. The van der Waals surface area contributed by atoms with Crippen LogP contribution in [0.15, 0.2) is 34.7 Å². The maximum absolute atomic E-state index is 5.81. The highest BCUT2D eigenvalue weighted by Gasteiger charge is 2.24. The Bertz CT molecular complexity index is 765. The van der Waals surface area contributed by atoms with E-state index in [-0.39, 0.29) is 0 Å². The summed E-state index contributed by atoms with van der Waals surface area (Å²) in [6.45, 7) is 2.03. The molecular weight excluding hydrogens is 262 g/mol. The SMILES string of the molecule is CCc1nnc(-c2cc3ccccc3n2C2CCCC2)o1. The van der Waals surface area contributed by atoms with E-state index in [1.54, 1.807) is 0 Å². The summed E-state index contributed by atoms with van der Waals surface area (Å²) >= 11 is 0. The lowest BCUT2D eigenvalue weighted by molar-refractivity contribution is 0.493. The molecule has 1 fully saturated rings. The highest BCUT2D eigenvalue weighted by molar-refractivity contribution is 5.85. The Kier molecular flexibility index (Phi) is 3.02. The lowest BCUT2D eigenvalue weighted by Crippen LogP contribution is -2.06. The van der Waals surface area contributed by atoms with Gasteiger partial charge < -0.3 is 8.98 Å². The minimum Gasteiger partial charge on any atom is -0.419 e. The van der Waals surface area contributed by atoms with Gasteiger partial charge in [0.25, 0.3) is 5.89 Å². The number of nitrogens with zero attached hydrogens (tertiary/aromatic N) is 3. The van der Waals surface area contributed by atoms with Gasteiger partial charge in [-0.3, -0.25) is 0 Å². The quantitative estimate of drug-likeness (QED) is 0.716. The molecule has 0 atom stereocenters. The Hall–Kier alpha value is -2.10. The zero-order valence-electron chi connectivity index (χ0n) is 12.2. The second-order valence-corrected chi connectivity index (χ2v) is 5.75. The first-order valence-corrected chi connectivity index (χ1v) is 7.79. The average molecular weight is 281 g/mol. The Balaban J connectivity index is 1.92. The molecule has 2 aromatic heterocycles. The number of hydrogen-bond acceptors (Lipinski definition) is 3. The van der Waals surface area contributed by atoms with E-state index in [9.17, 15) is 0 Å². The molecule has 0 spiro atoms. The van der Waals surface area contributed by atoms with E-state index >= 15 is 0 Å². The standard InChI is InChI=1S/C17H19N3O/c1-2-16-18-19-17(21-16)15-11-12-7-3-6-10-14(12)20(15)13-8-4-5-9-13/h3,6-7,10-11,13H,2,4-5,8-9H2,1H3. The van der Waals surface area contributed by atoms with Crippen LogP contribution in [0.2, 0.25) is 0 Å². The van der Waals surface area contributed by atoms with Crippen molar-refractivity contribution in [3.05, 3.63) is 36.2 Å². The van der Waals surface area contributed by atoms with Gasteiger partial charge in [0.1, 0.15) is 5.69 Å². The van der Waals surface area contributed by atoms with Crippen molar-refractivity contribution in [3.63, 3.8) is 0 Å². The molecule has 0 radical (unpaired) electrons. The van der Waals surface area contributed by atoms with Crippen molar-refractivity contribution in [2.75, 3.05) is 0 Å². The molecule has 1 saturated carbocycles. The molecule has 2 heterocycles. The van der Waals surface area contributed by atoms with Crippen LogP contribution in [0.4, 0.5) is 0 Å². The largest absolute Gasteiger partial charge is 0.419 e. The van der Waals surface area contributed by atoms with Gasteiger partial charge in [-0.2, -0.15) is 0 Å². The molecule has 21 heavy (non-hydrogen) atoms. The van der Waals surface area contributed by atoms with E-state index in [1.807, 2.05) is 6.92 Å². The highest BCUT2D eigenvalue weighted by Crippen LogP contribution is 2.38. The van der Waals surface area contributed by atoms with Crippen LogP contribution in [0.1, 0.15) is 44.5 Å². The summed E-state index contributed by atoms with van der Waals surface area (Å²) in [6, 6.07) is 11.3. The van der Waals surface area contributed by atoms with Crippen molar-refractivity contribution >= 4 is 10.9 Å². The number of para-hydroxylation sites is 1. The molecule has 1 aliphatic rings. The number of benzene rings is 1. The summed E-state index contributed by atoms with van der Waals surface area (Å²) in [5, 5.41) is 9.61. The van der Waals surface area contributed by atoms with Gasteiger partial charge in [-0.05, 0) is 25.0 Å². The molecule has 4 nitrogen and oxygen atoms in total. The minimum atomic E-state index is 0.553. The molecule has 0 amide bonds. The number of fused-ring (bicyclic) bond motifs is 1. The summed E-state index contributed by atoms with van der Waals surface area (Å²) in [5.41, 5.74) is 2.34. The van der Waals surface area contributed by atoms with Crippen LogP contribution < -0.4 is 0 Å². The maximum atomic E-state index is 5.81.